The second kappa shape index (κ2) is 7.62. The first kappa shape index (κ1) is 19.0. The lowest BCUT2D eigenvalue weighted by molar-refractivity contribution is 0.141. The maximum Gasteiger partial charge on any atom is 0.132 e. The summed E-state index contributed by atoms with van der Waals surface area (Å²) in [6.45, 7) is 4.27. The number of hydrogen-bond donors (Lipinski definition) is 1. The zero-order valence-electron chi connectivity index (χ0n) is 16.9. The summed E-state index contributed by atoms with van der Waals surface area (Å²) >= 11 is 0. The van der Waals surface area contributed by atoms with E-state index in [1.54, 1.807) is 0 Å². The lowest BCUT2D eigenvalue weighted by Crippen LogP contribution is -2.33. The summed E-state index contributed by atoms with van der Waals surface area (Å²) in [5.74, 6) is 1.03. The van der Waals surface area contributed by atoms with Crippen LogP contribution >= 0.6 is 0 Å². The number of unbranched alkanes of at least 4 members (excludes halogenated alkanes) is 2. The van der Waals surface area contributed by atoms with Gasteiger partial charge in [-0.1, -0.05) is 18.6 Å². The van der Waals surface area contributed by atoms with E-state index >= 15 is 0 Å². The minimum Gasteiger partial charge on any atom is -0.507 e. The Morgan fingerprint density at radius 1 is 0.964 bits per heavy atom. The van der Waals surface area contributed by atoms with Crippen molar-refractivity contribution in [2.45, 2.75) is 70.8 Å². The van der Waals surface area contributed by atoms with Crippen molar-refractivity contribution in [1.29, 1.82) is 0 Å². The molecule has 148 valence electrons. The molecule has 3 heteroatoms. The first-order chi connectivity index (χ1) is 13.4. The van der Waals surface area contributed by atoms with E-state index < -0.39 is 0 Å². The number of hydrogen-bond acceptors (Lipinski definition) is 2. The molecule has 1 N–H and O–H groups in total. The van der Waals surface area contributed by atoms with Crippen LogP contribution in [0.15, 0.2) is 42.0 Å². The molecular formula is C25H29FO2. The SMILES string of the molecule is CC1(C)Oc2cc(CCCCCc3ccc(F)cc3)cc(O)c2C2=C1CCC2. The minimum absolute atomic E-state index is 0.179. The van der Waals surface area contributed by atoms with Gasteiger partial charge in [-0.3, -0.25) is 0 Å². The lowest BCUT2D eigenvalue weighted by Gasteiger charge is -2.35. The molecule has 1 aliphatic heterocycles. The first-order valence-corrected chi connectivity index (χ1v) is 10.5. The van der Waals surface area contributed by atoms with Gasteiger partial charge in [0.2, 0.25) is 0 Å². The van der Waals surface area contributed by atoms with Crippen LogP contribution in [0.3, 0.4) is 0 Å². The second-order valence-corrected chi connectivity index (χ2v) is 8.60. The summed E-state index contributed by atoms with van der Waals surface area (Å²) in [5, 5.41) is 10.7. The molecule has 0 amide bonds. The number of aryl methyl sites for hydroxylation is 2. The van der Waals surface area contributed by atoms with Gasteiger partial charge in [0.05, 0.1) is 5.56 Å². The maximum atomic E-state index is 13.0. The molecule has 0 unspecified atom stereocenters. The Kier molecular flexibility index (Phi) is 5.18. The fraction of sp³-hybridized carbons (Fsp3) is 0.440. The molecule has 1 aliphatic carbocycles. The number of halogens is 1. The average molecular weight is 381 g/mol. The highest BCUT2D eigenvalue weighted by atomic mass is 19.1. The minimum atomic E-state index is -0.279. The Labute approximate surface area is 167 Å². The Balaban J connectivity index is 1.38. The van der Waals surface area contributed by atoms with Crippen LogP contribution in [-0.4, -0.2) is 10.7 Å². The van der Waals surface area contributed by atoms with E-state index in [4.69, 9.17) is 4.74 Å². The van der Waals surface area contributed by atoms with Gasteiger partial charge in [-0.2, -0.15) is 0 Å². The van der Waals surface area contributed by atoms with Crippen molar-refractivity contribution in [3.05, 3.63) is 64.5 Å². The van der Waals surface area contributed by atoms with Crippen LogP contribution in [0.2, 0.25) is 0 Å². The van der Waals surface area contributed by atoms with Crippen LogP contribution in [0.25, 0.3) is 5.57 Å². The van der Waals surface area contributed by atoms with Crippen molar-refractivity contribution in [1.82, 2.24) is 0 Å². The van der Waals surface area contributed by atoms with Gasteiger partial charge >= 0.3 is 0 Å². The second-order valence-electron chi connectivity index (χ2n) is 8.60. The molecular weight excluding hydrogens is 351 g/mol. The Morgan fingerprint density at radius 3 is 2.43 bits per heavy atom. The highest BCUT2D eigenvalue weighted by Crippen LogP contribution is 2.51. The van der Waals surface area contributed by atoms with Gasteiger partial charge in [-0.15, -0.1) is 0 Å². The summed E-state index contributed by atoms with van der Waals surface area (Å²) in [7, 11) is 0. The number of allylic oxidation sites excluding steroid dienone is 1. The summed E-state index contributed by atoms with van der Waals surface area (Å²) in [5.41, 5.74) is 5.62. The summed E-state index contributed by atoms with van der Waals surface area (Å²) < 4.78 is 19.3. The third-order valence-corrected chi connectivity index (χ3v) is 6.10. The quantitative estimate of drug-likeness (QED) is 0.572. The van der Waals surface area contributed by atoms with Crippen LogP contribution in [0.1, 0.15) is 69.1 Å². The van der Waals surface area contributed by atoms with Gasteiger partial charge in [-0.25, -0.2) is 4.39 Å². The Bertz CT molecular complexity index is 894. The van der Waals surface area contributed by atoms with Gasteiger partial charge in [0.15, 0.2) is 0 Å². The third kappa shape index (κ3) is 3.80. The van der Waals surface area contributed by atoms with E-state index in [2.05, 4.69) is 19.9 Å². The average Bonchev–Trinajstić information content (AvgIpc) is 3.13. The van der Waals surface area contributed by atoms with E-state index in [1.807, 2.05) is 18.2 Å². The lowest BCUT2D eigenvalue weighted by atomic mass is 9.87. The van der Waals surface area contributed by atoms with Crippen molar-refractivity contribution in [2.24, 2.45) is 0 Å². The fourth-order valence-corrected chi connectivity index (χ4v) is 4.69. The van der Waals surface area contributed by atoms with Crippen LogP contribution in [0, 0.1) is 5.82 Å². The van der Waals surface area contributed by atoms with Crippen molar-refractivity contribution >= 4 is 5.57 Å². The molecule has 0 spiro atoms. The van der Waals surface area contributed by atoms with Gasteiger partial charge < -0.3 is 9.84 Å². The van der Waals surface area contributed by atoms with Crippen molar-refractivity contribution in [2.75, 3.05) is 0 Å². The molecule has 0 fully saturated rings. The molecule has 1 heterocycles. The number of benzene rings is 2. The summed E-state index contributed by atoms with van der Waals surface area (Å²) in [6.07, 6.45) is 8.41. The monoisotopic (exact) mass is 380 g/mol. The first-order valence-electron chi connectivity index (χ1n) is 10.5. The predicted octanol–water partition coefficient (Wildman–Crippen LogP) is 6.60. The molecule has 0 saturated carbocycles. The van der Waals surface area contributed by atoms with Gasteiger partial charge in [0.25, 0.3) is 0 Å². The Hall–Kier alpha value is -2.29. The normalized spacial score (nSPS) is 17.2. The van der Waals surface area contributed by atoms with E-state index in [1.165, 1.54) is 28.8 Å². The highest BCUT2D eigenvalue weighted by molar-refractivity contribution is 5.82. The van der Waals surface area contributed by atoms with E-state index in [0.29, 0.717) is 5.75 Å². The van der Waals surface area contributed by atoms with E-state index in [9.17, 15) is 9.50 Å². The molecule has 0 bridgehead atoms. The van der Waals surface area contributed by atoms with Gasteiger partial charge in [0, 0.05) is 0 Å². The molecule has 0 saturated heterocycles. The van der Waals surface area contributed by atoms with Crippen molar-refractivity contribution in [3.63, 3.8) is 0 Å². The largest absolute Gasteiger partial charge is 0.507 e. The van der Waals surface area contributed by atoms with Crippen LogP contribution in [0.5, 0.6) is 11.5 Å². The van der Waals surface area contributed by atoms with E-state index in [-0.39, 0.29) is 11.4 Å². The number of aromatic hydroxyl groups is 1. The van der Waals surface area contributed by atoms with Crippen LogP contribution in [0.4, 0.5) is 4.39 Å². The molecule has 2 aliphatic rings. The highest BCUT2D eigenvalue weighted by Gasteiger charge is 2.38. The molecule has 2 aromatic carbocycles. The number of ether oxygens (including phenoxy) is 1. The zero-order chi connectivity index (χ0) is 19.7. The number of phenolic OH excluding ortho intramolecular Hbond substituents is 1. The van der Waals surface area contributed by atoms with Crippen LogP contribution < -0.4 is 4.74 Å². The molecule has 28 heavy (non-hydrogen) atoms. The van der Waals surface area contributed by atoms with Gasteiger partial charge in [0.1, 0.15) is 22.9 Å². The fourth-order valence-electron chi connectivity index (χ4n) is 4.69. The van der Waals surface area contributed by atoms with Gasteiger partial charge in [-0.05, 0) is 105 Å². The zero-order valence-corrected chi connectivity index (χ0v) is 16.9. The predicted molar refractivity (Wildman–Crippen MR) is 111 cm³/mol. The van der Waals surface area contributed by atoms with Crippen molar-refractivity contribution in [3.8, 4) is 11.5 Å². The van der Waals surface area contributed by atoms with Crippen LogP contribution in [-0.2, 0) is 12.8 Å². The third-order valence-electron chi connectivity index (χ3n) is 6.10. The van der Waals surface area contributed by atoms with E-state index in [0.717, 1.165) is 68.2 Å². The summed E-state index contributed by atoms with van der Waals surface area (Å²) in [6, 6.07) is 10.8. The topological polar surface area (TPSA) is 29.5 Å². The number of phenols is 1. The standard InChI is InChI=1S/C25H29FO2/c1-25(2)21-10-6-9-20(21)24-22(27)15-18(16-23(24)28-25)8-5-3-4-7-17-11-13-19(26)14-12-17/h11-16,27H,3-10H2,1-2H3. The maximum absolute atomic E-state index is 13.0. The number of rotatable bonds is 6. The Morgan fingerprint density at radius 2 is 1.68 bits per heavy atom. The smallest absolute Gasteiger partial charge is 0.132 e. The molecule has 0 radical (unpaired) electrons. The molecule has 0 aromatic heterocycles. The molecule has 4 rings (SSSR count). The molecule has 2 nitrogen and oxygen atoms in total. The molecule has 2 aromatic rings. The summed E-state index contributed by atoms with van der Waals surface area (Å²) in [4.78, 5) is 0. The van der Waals surface area contributed by atoms with Crippen molar-refractivity contribution < 1.29 is 14.2 Å². The number of fused-ring (bicyclic) bond motifs is 2. The molecule has 0 atom stereocenters.